The monoisotopic (exact) mass is 380 g/mol. The molecule has 0 aliphatic carbocycles. The summed E-state index contributed by atoms with van der Waals surface area (Å²) < 4.78 is 0.772. The predicted molar refractivity (Wildman–Crippen MR) is 103 cm³/mol. The molecule has 0 aliphatic rings. The molecule has 0 atom stereocenters. The number of rotatable bonds is 3. The van der Waals surface area contributed by atoms with Crippen LogP contribution in [0.2, 0.25) is 0 Å². The Bertz CT molecular complexity index is 851. The first-order valence-corrected chi connectivity index (χ1v) is 8.36. The SMILES string of the molecule is Cc1cc(N)cc(Br)c1NC(=O)c1ccc(-c2ccccc2)cc1. The van der Waals surface area contributed by atoms with E-state index < -0.39 is 0 Å². The van der Waals surface area contributed by atoms with Crippen LogP contribution in [0, 0.1) is 6.92 Å². The zero-order chi connectivity index (χ0) is 17.1. The zero-order valence-electron chi connectivity index (χ0n) is 13.2. The molecule has 0 saturated heterocycles. The van der Waals surface area contributed by atoms with E-state index in [0.717, 1.165) is 26.9 Å². The summed E-state index contributed by atoms with van der Waals surface area (Å²) >= 11 is 3.45. The van der Waals surface area contributed by atoms with Crippen molar-refractivity contribution in [2.24, 2.45) is 0 Å². The molecule has 4 heteroatoms. The standard InChI is InChI=1S/C20H17BrN2O/c1-13-11-17(22)12-18(21)19(13)23-20(24)16-9-7-15(8-10-16)14-5-3-2-4-6-14/h2-12H,22H2,1H3,(H,23,24). The number of anilines is 2. The maximum atomic E-state index is 12.5. The summed E-state index contributed by atoms with van der Waals surface area (Å²) in [5, 5.41) is 2.94. The van der Waals surface area contributed by atoms with E-state index in [1.54, 1.807) is 6.07 Å². The molecular formula is C20H17BrN2O. The number of amides is 1. The second kappa shape index (κ2) is 6.89. The average molecular weight is 381 g/mol. The van der Waals surface area contributed by atoms with Crippen LogP contribution in [0.5, 0.6) is 0 Å². The lowest BCUT2D eigenvalue weighted by Gasteiger charge is -2.12. The summed E-state index contributed by atoms with van der Waals surface area (Å²) in [5.41, 5.74) is 10.9. The van der Waals surface area contributed by atoms with Gasteiger partial charge in [0.2, 0.25) is 0 Å². The number of benzene rings is 3. The third-order valence-electron chi connectivity index (χ3n) is 3.80. The van der Waals surface area contributed by atoms with Gasteiger partial charge in [0, 0.05) is 15.7 Å². The Kier molecular flexibility index (Phi) is 4.67. The lowest BCUT2D eigenvalue weighted by atomic mass is 10.0. The van der Waals surface area contributed by atoms with Crippen LogP contribution < -0.4 is 11.1 Å². The van der Waals surface area contributed by atoms with Crippen molar-refractivity contribution in [2.75, 3.05) is 11.1 Å². The zero-order valence-corrected chi connectivity index (χ0v) is 14.8. The lowest BCUT2D eigenvalue weighted by Crippen LogP contribution is -2.13. The molecule has 0 aliphatic heterocycles. The smallest absolute Gasteiger partial charge is 0.255 e. The number of carbonyl (C=O) groups excluding carboxylic acids is 1. The molecule has 0 heterocycles. The van der Waals surface area contributed by atoms with Gasteiger partial charge in [0.1, 0.15) is 0 Å². The predicted octanol–water partition coefficient (Wildman–Crippen LogP) is 5.26. The fourth-order valence-electron chi connectivity index (χ4n) is 2.56. The molecule has 3 rings (SSSR count). The minimum absolute atomic E-state index is 0.150. The molecular weight excluding hydrogens is 364 g/mol. The van der Waals surface area contributed by atoms with Crippen LogP contribution in [0.1, 0.15) is 15.9 Å². The topological polar surface area (TPSA) is 55.1 Å². The molecule has 24 heavy (non-hydrogen) atoms. The maximum absolute atomic E-state index is 12.5. The van der Waals surface area contributed by atoms with E-state index in [1.807, 2.05) is 67.6 Å². The summed E-state index contributed by atoms with van der Waals surface area (Å²) in [6, 6.07) is 21.3. The van der Waals surface area contributed by atoms with Crippen molar-refractivity contribution in [2.45, 2.75) is 6.92 Å². The second-order valence-corrected chi connectivity index (χ2v) is 6.45. The largest absolute Gasteiger partial charge is 0.399 e. The summed E-state index contributed by atoms with van der Waals surface area (Å²) in [5.74, 6) is -0.150. The minimum atomic E-state index is -0.150. The Hall–Kier alpha value is -2.59. The minimum Gasteiger partial charge on any atom is -0.399 e. The molecule has 0 radical (unpaired) electrons. The second-order valence-electron chi connectivity index (χ2n) is 5.59. The molecule has 3 aromatic carbocycles. The number of nitrogens with two attached hydrogens (primary N) is 1. The van der Waals surface area contributed by atoms with Crippen LogP contribution in [0.15, 0.2) is 71.2 Å². The van der Waals surface area contributed by atoms with Gasteiger partial charge in [-0.25, -0.2) is 0 Å². The fraction of sp³-hybridized carbons (Fsp3) is 0.0500. The lowest BCUT2D eigenvalue weighted by molar-refractivity contribution is 0.102. The Balaban J connectivity index is 1.81. The van der Waals surface area contributed by atoms with Gasteiger partial charge in [-0.15, -0.1) is 0 Å². The molecule has 0 saturated carbocycles. The molecule has 1 amide bonds. The highest BCUT2D eigenvalue weighted by Crippen LogP contribution is 2.29. The quantitative estimate of drug-likeness (QED) is 0.608. The third-order valence-corrected chi connectivity index (χ3v) is 4.43. The van der Waals surface area contributed by atoms with Crippen LogP contribution in [0.3, 0.4) is 0 Å². The van der Waals surface area contributed by atoms with Crippen molar-refractivity contribution in [3.8, 4) is 11.1 Å². The molecule has 0 bridgehead atoms. The summed E-state index contributed by atoms with van der Waals surface area (Å²) in [4.78, 5) is 12.5. The molecule has 3 N–H and O–H groups in total. The first kappa shape index (κ1) is 16.3. The van der Waals surface area contributed by atoms with Crippen LogP contribution in [-0.4, -0.2) is 5.91 Å². The molecule has 3 nitrogen and oxygen atoms in total. The van der Waals surface area contributed by atoms with Gasteiger partial charge in [-0.05, 0) is 63.8 Å². The highest BCUT2D eigenvalue weighted by molar-refractivity contribution is 9.10. The van der Waals surface area contributed by atoms with Gasteiger partial charge in [0.05, 0.1) is 5.69 Å². The van der Waals surface area contributed by atoms with Gasteiger partial charge in [-0.1, -0.05) is 42.5 Å². The van der Waals surface area contributed by atoms with Crippen molar-refractivity contribution in [3.05, 3.63) is 82.3 Å². The van der Waals surface area contributed by atoms with Gasteiger partial charge in [0.25, 0.3) is 5.91 Å². The van der Waals surface area contributed by atoms with Crippen molar-refractivity contribution in [1.82, 2.24) is 0 Å². The summed E-state index contributed by atoms with van der Waals surface area (Å²) in [6.07, 6.45) is 0. The first-order chi connectivity index (χ1) is 11.5. The van der Waals surface area contributed by atoms with Gasteiger partial charge < -0.3 is 11.1 Å². The molecule has 0 unspecified atom stereocenters. The Morgan fingerprint density at radius 2 is 1.58 bits per heavy atom. The molecule has 0 fully saturated rings. The summed E-state index contributed by atoms with van der Waals surface area (Å²) in [6.45, 7) is 1.91. The van der Waals surface area contributed by atoms with E-state index in [2.05, 4.69) is 21.2 Å². The van der Waals surface area contributed by atoms with Crippen molar-refractivity contribution >= 4 is 33.2 Å². The van der Waals surface area contributed by atoms with Crippen molar-refractivity contribution in [3.63, 3.8) is 0 Å². The normalized spacial score (nSPS) is 10.4. The molecule has 0 aromatic heterocycles. The van der Waals surface area contributed by atoms with E-state index in [4.69, 9.17) is 5.73 Å². The highest BCUT2D eigenvalue weighted by Gasteiger charge is 2.11. The van der Waals surface area contributed by atoms with Gasteiger partial charge in [-0.2, -0.15) is 0 Å². The maximum Gasteiger partial charge on any atom is 0.255 e. The fourth-order valence-corrected chi connectivity index (χ4v) is 3.24. The van der Waals surface area contributed by atoms with Crippen molar-refractivity contribution < 1.29 is 4.79 Å². The number of nitrogens with one attached hydrogen (secondary N) is 1. The van der Waals surface area contributed by atoms with E-state index in [-0.39, 0.29) is 5.91 Å². The number of carbonyl (C=O) groups is 1. The Morgan fingerprint density at radius 3 is 2.21 bits per heavy atom. The summed E-state index contributed by atoms with van der Waals surface area (Å²) in [7, 11) is 0. The number of nitrogen functional groups attached to an aromatic ring is 1. The number of aryl methyl sites for hydroxylation is 1. The molecule has 120 valence electrons. The number of hydrogen-bond acceptors (Lipinski definition) is 2. The number of hydrogen-bond donors (Lipinski definition) is 2. The van der Waals surface area contributed by atoms with E-state index in [0.29, 0.717) is 11.3 Å². The van der Waals surface area contributed by atoms with Crippen LogP contribution >= 0.6 is 15.9 Å². The van der Waals surface area contributed by atoms with Crippen LogP contribution in [-0.2, 0) is 0 Å². The van der Waals surface area contributed by atoms with E-state index in [9.17, 15) is 4.79 Å². The van der Waals surface area contributed by atoms with Gasteiger partial charge in [-0.3, -0.25) is 4.79 Å². The van der Waals surface area contributed by atoms with E-state index in [1.165, 1.54) is 0 Å². The van der Waals surface area contributed by atoms with Crippen LogP contribution in [0.4, 0.5) is 11.4 Å². The number of halogens is 1. The van der Waals surface area contributed by atoms with Crippen molar-refractivity contribution in [1.29, 1.82) is 0 Å². The average Bonchev–Trinajstić information content (AvgIpc) is 2.59. The molecule has 0 spiro atoms. The third kappa shape index (κ3) is 3.49. The van der Waals surface area contributed by atoms with Gasteiger partial charge in [0.15, 0.2) is 0 Å². The highest BCUT2D eigenvalue weighted by atomic mass is 79.9. The van der Waals surface area contributed by atoms with E-state index >= 15 is 0 Å². The first-order valence-electron chi connectivity index (χ1n) is 7.57. The molecule has 3 aromatic rings. The Labute approximate surface area is 149 Å². The van der Waals surface area contributed by atoms with Gasteiger partial charge >= 0.3 is 0 Å². The Morgan fingerprint density at radius 1 is 0.958 bits per heavy atom. The van der Waals surface area contributed by atoms with Crippen LogP contribution in [0.25, 0.3) is 11.1 Å².